The van der Waals surface area contributed by atoms with Crippen LogP contribution in [0.3, 0.4) is 0 Å². The van der Waals surface area contributed by atoms with Gasteiger partial charge in [0.1, 0.15) is 0 Å². The number of rotatable bonds is 5. The summed E-state index contributed by atoms with van der Waals surface area (Å²) in [6.07, 6.45) is 5.17. The van der Waals surface area contributed by atoms with Gasteiger partial charge in [-0.05, 0) is 12.8 Å². The molecule has 104 valence electrons. The van der Waals surface area contributed by atoms with Crippen LogP contribution in [0.25, 0.3) is 0 Å². The van der Waals surface area contributed by atoms with E-state index >= 15 is 0 Å². The van der Waals surface area contributed by atoms with E-state index in [9.17, 15) is 9.59 Å². The normalized spacial score (nSPS) is 14.2. The minimum absolute atomic E-state index is 0.0872. The molecule has 7 nitrogen and oxygen atoms in total. The van der Waals surface area contributed by atoms with Crippen molar-refractivity contribution in [2.75, 3.05) is 6.54 Å². The lowest BCUT2D eigenvalue weighted by Crippen LogP contribution is -2.30. The zero-order valence-electron chi connectivity index (χ0n) is 10.8. The van der Waals surface area contributed by atoms with E-state index in [4.69, 9.17) is 4.52 Å². The Morgan fingerprint density at radius 3 is 3.00 bits per heavy atom. The molecule has 1 amide bonds. The number of hydrogen-bond acceptors (Lipinski definition) is 5. The Kier molecular flexibility index (Phi) is 3.32. The number of hydrogen-bond donors (Lipinski definition) is 1. The van der Waals surface area contributed by atoms with Crippen LogP contribution in [0.2, 0.25) is 0 Å². The number of carbonyl (C=O) groups excluding carboxylic acids is 1. The average molecular weight is 274 g/mol. The summed E-state index contributed by atoms with van der Waals surface area (Å²) in [5.74, 6) is 0.265. The molecular formula is C13H14N4O3. The van der Waals surface area contributed by atoms with Crippen molar-refractivity contribution in [1.29, 1.82) is 0 Å². The standard InChI is InChI=1S/C13H14N4O3/c18-12-7-10(9-1-2-9)15-8-17(12)6-5-14-13(19)11-3-4-16-20-11/h3-4,7-9H,1-2,5-6H2,(H,14,19). The molecule has 0 spiro atoms. The molecular weight excluding hydrogens is 260 g/mol. The first-order valence-corrected chi connectivity index (χ1v) is 6.49. The summed E-state index contributed by atoms with van der Waals surface area (Å²) < 4.78 is 6.21. The Hall–Kier alpha value is -2.44. The second-order valence-electron chi connectivity index (χ2n) is 4.75. The summed E-state index contributed by atoms with van der Waals surface area (Å²) in [5.41, 5.74) is 0.785. The quantitative estimate of drug-likeness (QED) is 0.859. The maximum atomic E-state index is 11.9. The van der Waals surface area contributed by atoms with Crippen LogP contribution in [0.5, 0.6) is 0 Å². The fourth-order valence-electron chi connectivity index (χ4n) is 1.92. The van der Waals surface area contributed by atoms with Crippen LogP contribution in [0, 0.1) is 0 Å². The van der Waals surface area contributed by atoms with Gasteiger partial charge in [0.25, 0.3) is 11.5 Å². The van der Waals surface area contributed by atoms with Crippen LogP contribution in [0.4, 0.5) is 0 Å². The molecule has 0 aromatic carbocycles. The average Bonchev–Trinajstić information content (AvgIpc) is 3.15. The van der Waals surface area contributed by atoms with E-state index < -0.39 is 0 Å². The van der Waals surface area contributed by atoms with Crippen LogP contribution in [-0.4, -0.2) is 27.2 Å². The van der Waals surface area contributed by atoms with Gasteiger partial charge in [-0.2, -0.15) is 0 Å². The Bertz CT molecular complexity index is 659. The van der Waals surface area contributed by atoms with Crippen molar-refractivity contribution >= 4 is 5.91 Å². The van der Waals surface area contributed by atoms with Gasteiger partial charge in [0.05, 0.1) is 18.2 Å². The number of nitrogens with one attached hydrogen (secondary N) is 1. The predicted octanol–water partition coefficient (Wildman–Crippen LogP) is 0.539. The molecule has 2 aromatic heterocycles. The van der Waals surface area contributed by atoms with Crippen LogP contribution >= 0.6 is 0 Å². The van der Waals surface area contributed by atoms with Gasteiger partial charge in [0, 0.05) is 31.1 Å². The third-order valence-electron chi connectivity index (χ3n) is 3.20. The topological polar surface area (TPSA) is 90.0 Å². The van der Waals surface area contributed by atoms with E-state index in [1.54, 1.807) is 6.07 Å². The number of nitrogens with zero attached hydrogens (tertiary/aromatic N) is 3. The van der Waals surface area contributed by atoms with Gasteiger partial charge < -0.3 is 9.84 Å². The first-order valence-electron chi connectivity index (χ1n) is 6.49. The lowest BCUT2D eigenvalue weighted by Gasteiger charge is -2.06. The zero-order chi connectivity index (χ0) is 13.9. The van der Waals surface area contributed by atoms with Crippen molar-refractivity contribution in [2.45, 2.75) is 25.3 Å². The minimum atomic E-state index is -0.349. The van der Waals surface area contributed by atoms with E-state index in [1.807, 2.05) is 0 Å². The highest BCUT2D eigenvalue weighted by atomic mass is 16.5. The molecule has 1 fully saturated rings. The second-order valence-corrected chi connectivity index (χ2v) is 4.75. The van der Waals surface area contributed by atoms with E-state index in [2.05, 4.69) is 15.5 Å². The van der Waals surface area contributed by atoms with Gasteiger partial charge in [-0.25, -0.2) is 4.98 Å². The smallest absolute Gasteiger partial charge is 0.289 e. The maximum Gasteiger partial charge on any atom is 0.289 e. The largest absolute Gasteiger partial charge is 0.351 e. The van der Waals surface area contributed by atoms with E-state index in [0.717, 1.165) is 18.5 Å². The van der Waals surface area contributed by atoms with Gasteiger partial charge in [-0.15, -0.1) is 0 Å². The molecule has 0 bridgehead atoms. The molecule has 1 saturated carbocycles. The van der Waals surface area contributed by atoms with Crippen molar-refractivity contribution in [3.8, 4) is 0 Å². The highest BCUT2D eigenvalue weighted by Crippen LogP contribution is 2.38. The van der Waals surface area contributed by atoms with Crippen LogP contribution < -0.4 is 10.9 Å². The Balaban J connectivity index is 1.56. The van der Waals surface area contributed by atoms with E-state index in [1.165, 1.54) is 23.2 Å². The molecule has 7 heteroatoms. The van der Waals surface area contributed by atoms with Crippen LogP contribution in [-0.2, 0) is 6.54 Å². The van der Waals surface area contributed by atoms with Gasteiger partial charge in [-0.3, -0.25) is 14.2 Å². The minimum Gasteiger partial charge on any atom is -0.351 e. The van der Waals surface area contributed by atoms with Gasteiger partial charge in [0.2, 0.25) is 5.76 Å². The zero-order valence-corrected chi connectivity index (χ0v) is 10.8. The predicted molar refractivity (Wildman–Crippen MR) is 69.3 cm³/mol. The van der Waals surface area contributed by atoms with Gasteiger partial charge >= 0.3 is 0 Å². The molecule has 20 heavy (non-hydrogen) atoms. The van der Waals surface area contributed by atoms with Crippen molar-refractivity contribution in [3.05, 3.63) is 46.5 Å². The lowest BCUT2D eigenvalue weighted by molar-refractivity contribution is 0.0915. The Morgan fingerprint density at radius 2 is 2.35 bits per heavy atom. The van der Waals surface area contributed by atoms with E-state index in [0.29, 0.717) is 19.0 Å². The number of aromatic nitrogens is 3. The van der Waals surface area contributed by atoms with Crippen LogP contribution in [0.1, 0.15) is 35.0 Å². The molecule has 1 aliphatic rings. The number of carbonyl (C=O) groups is 1. The summed E-state index contributed by atoms with van der Waals surface area (Å²) >= 11 is 0. The first-order chi connectivity index (χ1) is 9.74. The summed E-state index contributed by atoms with van der Waals surface area (Å²) in [6, 6.07) is 3.06. The third-order valence-corrected chi connectivity index (χ3v) is 3.20. The molecule has 0 radical (unpaired) electrons. The summed E-state index contributed by atoms with van der Waals surface area (Å²) in [7, 11) is 0. The molecule has 3 rings (SSSR count). The number of amides is 1. The molecule has 2 heterocycles. The molecule has 0 unspecified atom stereocenters. The Labute approximate surface area is 114 Å². The van der Waals surface area contributed by atoms with Gasteiger partial charge in [0.15, 0.2) is 0 Å². The molecule has 0 aliphatic heterocycles. The monoisotopic (exact) mass is 274 g/mol. The SMILES string of the molecule is O=C(NCCn1cnc(C2CC2)cc1=O)c1ccno1. The fraction of sp³-hybridized carbons (Fsp3) is 0.385. The molecule has 1 aliphatic carbocycles. The van der Waals surface area contributed by atoms with Crippen molar-refractivity contribution in [3.63, 3.8) is 0 Å². The summed E-state index contributed by atoms with van der Waals surface area (Å²) in [5, 5.41) is 6.10. The van der Waals surface area contributed by atoms with Crippen molar-refractivity contribution in [1.82, 2.24) is 20.0 Å². The molecule has 2 aromatic rings. The third kappa shape index (κ3) is 2.76. The van der Waals surface area contributed by atoms with Gasteiger partial charge in [-0.1, -0.05) is 5.16 Å². The molecule has 1 N–H and O–H groups in total. The fourth-order valence-corrected chi connectivity index (χ4v) is 1.92. The lowest BCUT2D eigenvalue weighted by atomic mass is 10.3. The maximum absolute atomic E-state index is 11.9. The first kappa shape index (κ1) is 12.6. The Morgan fingerprint density at radius 1 is 1.50 bits per heavy atom. The summed E-state index contributed by atoms with van der Waals surface area (Å²) in [6.45, 7) is 0.695. The van der Waals surface area contributed by atoms with E-state index in [-0.39, 0.29) is 17.2 Å². The van der Waals surface area contributed by atoms with Crippen molar-refractivity contribution < 1.29 is 9.32 Å². The van der Waals surface area contributed by atoms with Crippen molar-refractivity contribution in [2.24, 2.45) is 0 Å². The molecule has 0 saturated heterocycles. The molecule has 0 atom stereocenters. The van der Waals surface area contributed by atoms with Crippen LogP contribution in [0.15, 0.2) is 34.0 Å². The second kappa shape index (κ2) is 5.28. The highest BCUT2D eigenvalue weighted by Gasteiger charge is 2.25. The summed E-state index contributed by atoms with van der Waals surface area (Å²) in [4.78, 5) is 27.7. The highest BCUT2D eigenvalue weighted by molar-refractivity contribution is 5.91.